The highest BCUT2D eigenvalue weighted by Gasteiger charge is 2.53. The van der Waals surface area contributed by atoms with Gasteiger partial charge in [0.15, 0.2) is 6.23 Å². The molecule has 1 aromatic carbocycles. The molecule has 5 N–H and O–H groups in total. The highest BCUT2D eigenvalue weighted by atomic mass is 16.6. The summed E-state index contributed by atoms with van der Waals surface area (Å²) < 4.78 is 21.9. The SMILES string of the molecule is Cc1cccc(C)c1C(=O)OCC(C)COC(=O)CNCCOC(=O)Nc1ccn([C@@H]2O[C@H](CO)[C@@H](O)[C@@]2(C)O)c(=O)n1. The van der Waals surface area contributed by atoms with Crippen molar-refractivity contribution in [2.75, 3.05) is 44.8 Å². The normalized spacial score (nSPS) is 22.1. The molecule has 1 aliphatic heterocycles. The number of aromatic nitrogens is 2. The summed E-state index contributed by atoms with van der Waals surface area (Å²) in [7, 11) is 0. The summed E-state index contributed by atoms with van der Waals surface area (Å²) in [5.41, 5.74) is -0.588. The van der Waals surface area contributed by atoms with Crippen molar-refractivity contribution < 1.29 is 48.7 Å². The summed E-state index contributed by atoms with van der Waals surface area (Å²) in [6, 6.07) is 6.80. The first-order valence-electron chi connectivity index (χ1n) is 13.6. The number of anilines is 1. The fourth-order valence-corrected chi connectivity index (χ4v) is 4.36. The third-order valence-electron chi connectivity index (χ3n) is 6.74. The molecule has 0 radical (unpaired) electrons. The Labute approximate surface area is 247 Å². The number of aliphatic hydroxyl groups excluding tert-OH is 2. The van der Waals surface area contributed by atoms with Gasteiger partial charge in [-0.2, -0.15) is 4.98 Å². The zero-order valence-electron chi connectivity index (χ0n) is 24.4. The largest absolute Gasteiger partial charge is 0.464 e. The number of carbonyl (C=O) groups is 3. The molecule has 0 bridgehead atoms. The number of aliphatic hydroxyl groups is 3. The summed E-state index contributed by atoms with van der Waals surface area (Å²) >= 11 is 0. The van der Waals surface area contributed by atoms with Crippen molar-refractivity contribution in [1.29, 1.82) is 0 Å². The number of benzene rings is 1. The molecular formula is C28H38N4O11. The molecule has 1 fully saturated rings. The molecule has 1 unspecified atom stereocenters. The maximum atomic E-state index is 12.5. The van der Waals surface area contributed by atoms with E-state index in [4.69, 9.17) is 18.9 Å². The molecule has 15 heteroatoms. The lowest BCUT2D eigenvalue weighted by Gasteiger charge is -2.27. The van der Waals surface area contributed by atoms with Crippen LogP contribution >= 0.6 is 0 Å². The molecular weight excluding hydrogens is 568 g/mol. The van der Waals surface area contributed by atoms with Crippen molar-refractivity contribution in [1.82, 2.24) is 14.9 Å². The van der Waals surface area contributed by atoms with E-state index in [1.807, 2.05) is 32.0 Å². The molecule has 5 atom stereocenters. The van der Waals surface area contributed by atoms with E-state index in [1.54, 1.807) is 6.92 Å². The van der Waals surface area contributed by atoms with Crippen LogP contribution < -0.4 is 16.3 Å². The van der Waals surface area contributed by atoms with Gasteiger partial charge < -0.3 is 39.6 Å². The maximum absolute atomic E-state index is 12.5. The van der Waals surface area contributed by atoms with Crippen molar-refractivity contribution in [2.24, 2.45) is 5.92 Å². The predicted molar refractivity (Wildman–Crippen MR) is 150 cm³/mol. The lowest BCUT2D eigenvalue weighted by Crippen LogP contribution is -2.46. The number of rotatable bonds is 13. The van der Waals surface area contributed by atoms with E-state index >= 15 is 0 Å². The molecule has 1 aromatic heterocycles. The summed E-state index contributed by atoms with van der Waals surface area (Å²) in [6.07, 6.45) is -3.54. The molecule has 236 valence electrons. The Hall–Kier alpha value is -3.89. The van der Waals surface area contributed by atoms with Gasteiger partial charge in [-0.1, -0.05) is 25.1 Å². The Morgan fingerprint density at radius 1 is 1.14 bits per heavy atom. The third kappa shape index (κ3) is 8.81. The van der Waals surface area contributed by atoms with E-state index in [0.717, 1.165) is 15.7 Å². The van der Waals surface area contributed by atoms with E-state index in [0.29, 0.717) is 5.56 Å². The number of nitrogens with one attached hydrogen (secondary N) is 2. The topological polar surface area (TPSA) is 208 Å². The van der Waals surface area contributed by atoms with Gasteiger partial charge in [0.25, 0.3) is 0 Å². The number of nitrogens with zero attached hydrogens (tertiary/aromatic N) is 2. The molecule has 43 heavy (non-hydrogen) atoms. The first kappa shape index (κ1) is 33.6. The molecule has 2 aromatic rings. The Kier molecular flexibility index (Phi) is 11.7. The molecule has 1 aliphatic rings. The minimum absolute atomic E-state index is 0.0538. The van der Waals surface area contributed by atoms with E-state index in [-0.39, 0.29) is 44.6 Å². The van der Waals surface area contributed by atoms with Gasteiger partial charge in [-0.3, -0.25) is 14.7 Å². The quantitative estimate of drug-likeness (QED) is 0.116. The monoisotopic (exact) mass is 606 g/mol. The van der Waals surface area contributed by atoms with Gasteiger partial charge in [0, 0.05) is 18.7 Å². The second kappa shape index (κ2) is 15.0. The Bertz CT molecular complexity index is 1330. The Morgan fingerprint density at radius 2 is 1.81 bits per heavy atom. The number of carbonyl (C=O) groups excluding carboxylic acids is 3. The lowest BCUT2D eigenvalue weighted by molar-refractivity contribution is -0.144. The molecule has 0 spiro atoms. The van der Waals surface area contributed by atoms with Gasteiger partial charge in [0.1, 0.15) is 30.2 Å². The minimum Gasteiger partial charge on any atom is -0.464 e. The van der Waals surface area contributed by atoms with Crippen molar-refractivity contribution in [3.63, 3.8) is 0 Å². The average molecular weight is 607 g/mol. The fraction of sp³-hybridized carbons (Fsp3) is 0.536. The second-order valence-electron chi connectivity index (χ2n) is 10.5. The molecule has 3 rings (SSSR count). The van der Waals surface area contributed by atoms with Crippen LogP contribution in [0.5, 0.6) is 0 Å². The van der Waals surface area contributed by atoms with Crippen molar-refractivity contribution in [2.45, 2.75) is 51.7 Å². The zero-order valence-corrected chi connectivity index (χ0v) is 24.4. The summed E-state index contributed by atoms with van der Waals surface area (Å²) in [4.78, 5) is 52.6. The molecule has 15 nitrogen and oxygen atoms in total. The zero-order chi connectivity index (χ0) is 31.7. The van der Waals surface area contributed by atoms with E-state index in [1.165, 1.54) is 19.2 Å². The second-order valence-corrected chi connectivity index (χ2v) is 10.5. The molecule has 2 heterocycles. The minimum atomic E-state index is -1.87. The van der Waals surface area contributed by atoms with Gasteiger partial charge in [0.2, 0.25) is 0 Å². The van der Waals surface area contributed by atoms with E-state index in [2.05, 4.69) is 15.6 Å². The summed E-state index contributed by atoms with van der Waals surface area (Å²) in [5, 5.41) is 35.0. The Balaban J connectivity index is 1.31. The molecule has 1 amide bonds. The molecule has 0 saturated carbocycles. The standard InChI is InChI=1S/C28H38N4O11/c1-16(15-42-24(36)22-17(2)6-5-7-18(22)3)14-41-21(34)12-29-9-11-40-27(38)31-20-8-10-32(26(37)30-20)25-28(4,39)23(35)19(13-33)43-25/h5-8,10,16,19,23,25,29,33,35,39H,9,11-15H2,1-4H3,(H,30,31,37,38)/t16?,19-,23-,25-,28-/m1/s1. The van der Waals surface area contributed by atoms with Crippen LogP contribution in [0.1, 0.15) is 41.6 Å². The molecule has 1 saturated heterocycles. The van der Waals surface area contributed by atoms with E-state index < -0.39 is 54.4 Å². The van der Waals surface area contributed by atoms with Crippen molar-refractivity contribution >= 4 is 23.8 Å². The third-order valence-corrected chi connectivity index (χ3v) is 6.74. The highest BCUT2D eigenvalue weighted by Crippen LogP contribution is 2.37. The number of hydrogen-bond donors (Lipinski definition) is 5. The number of aryl methyl sites for hydroxylation is 2. The van der Waals surface area contributed by atoms with Crippen LogP contribution in [0.15, 0.2) is 35.3 Å². The van der Waals surface area contributed by atoms with Crippen LogP contribution in [-0.2, 0) is 23.7 Å². The van der Waals surface area contributed by atoms with Crippen LogP contribution in [0.25, 0.3) is 0 Å². The average Bonchev–Trinajstić information content (AvgIpc) is 3.18. The Morgan fingerprint density at radius 3 is 2.44 bits per heavy atom. The van der Waals surface area contributed by atoms with Gasteiger partial charge in [-0.05, 0) is 38.0 Å². The maximum Gasteiger partial charge on any atom is 0.412 e. The smallest absolute Gasteiger partial charge is 0.412 e. The van der Waals surface area contributed by atoms with Crippen LogP contribution in [0.4, 0.5) is 10.6 Å². The molecule has 0 aliphatic carbocycles. The lowest BCUT2D eigenvalue weighted by atomic mass is 9.96. The first-order valence-corrected chi connectivity index (χ1v) is 13.6. The number of amides is 1. The van der Waals surface area contributed by atoms with Crippen molar-refractivity contribution in [3.05, 3.63) is 57.6 Å². The number of hydrogen-bond acceptors (Lipinski definition) is 13. The van der Waals surface area contributed by atoms with Crippen LogP contribution in [0, 0.1) is 19.8 Å². The van der Waals surface area contributed by atoms with Gasteiger partial charge in [-0.15, -0.1) is 0 Å². The fourth-order valence-electron chi connectivity index (χ4n) is 4.36. The van der Waals surface area contributed by atoms with Crippen LogP contribution in [-0.4, -0.2) is 100 Å². The number of esters is 2. The van der Waals surface area contributed by atoms with Gasteiger partial charge in [-0.25, -0.2) is 14.4 Å². The number of ether oxygens (including phenoxy) is 4. The van der Waals surface area contributed by atoms with Crippen LogP contribution in [0.2, 0.25) is 0 Å². The van der Waals surface area contributed by atoms with Crippen LogP contribution in [0.3, 0.4) is 0 Å². The predicted octanol–water partition coefficient (Wildman–Crippen LogP) is 0.0361. The summed E-state index contributed by atoms with van der Waals surface area (Å²) in [6.45, 7) is 6.16. The first-order chi connectivity index (χ1) is 20.3. The van der Waals surface area contributed by atoms with Gasteiger partial charge in [0.05, 0.1) is 31.9 Å². The summed E-state index contributed by atoms with van der Waals surface area (Å²) in [5.74, 6) is -1.31. The van der Waals surface area contributed by atoms with Gasteiger partial charge >= 0.3 is 23.7 Å². The van der Waals surface area contributed by atoms with E-state index in [9.17, 15) is 34.5 Å². The highest BCUT2D eigenvalue weighted by molar-refractivity contribution is 5.92. The van der Waals surface area contributed by atoms with Crippen molar-refractivity contribution in [3.8, 4) is 0 Å².